The van der Waals surface area contributed by atoms with Gasteiger partial charge in [0.1, 0.15) is 12.4 Å². The Morgan fingerprint density at radius 3 is 2.68 bits per heavy atom. The van der Waals surface area contributed by atoms with Gasteiger partial charge in [0.2, 0.25) is 5.91 Å². The molecule has 0 aliphatic carbocycles. The Labute approximate surface area is 198 Å². The largest absolute Gasteiger partial charge is 0.381 e. The van der Waals surface area contributed by atoms with Crippen LogP contribution in [0.2, 0.25) is 0 Å². The number of likely N-dealkylation sites (N-methyl/N-ethyl adjacent to an activating group) is 1. The molecule has 1 amide bonds. The summed E-state index contributed by atoms with van der Waals surface area (Å²) in [6, 6.07) is 8.44. The summed E-state index contributed by atoms with van der Waals surface area (Å²) in [5, 5.41) is 6.64. The van der Waals surface area contributed by atoms with Crippen molar-refractivity contribution in [2.45, 2.75) is 38.8 Å². The Morgan fingerprint density at radius 2 is 1.91 bits per heavy atom. The number of hydrogen-bond donors (Lipinski definition) is 0. The number of carbonyl (C=O) groups excluding carboxylic acids is 1. The van der Waals surface area contributed by atoms with Crippen molar-refractivity contribution in [2.24, 2.45) is 7.05 Å². The lowest BCUT2D eigenvalue weighted by molar-refractivity contribution is -0.132. The van der Waals surface area contributed by atoms with Gasteiger partial charge in [-0.05, 0) is 31.2 Å². The highest BCUT2D eigenvalue weighted by atomic mass is 16.5. The third kappa shape index (κ3) is 3.40. The van der Waals surface area contributed by atoms with Crippen LogP contribution < -0.4 is 0 Å². The lowest BCUT2D eigenvalue weighted by atomic mass is 9.99. The zero-order chi connectivity index (χ0) is 23.4. The van der Waals surface area contributed by atoms with E-state index < -0.39 is 0 Å². The number of nitrogens with zero attached hydrogens (tertiary/aromatic N) is 6. The van der Waals surface area contributed by atoms with Crippen LogP contribution >= 0.6 is 0 Å². The predicted molar refractivity (Wildman–Crippen MR) is 129 cm³/mol. The maximum Gasteiger partial charge on any atom is 0.242 e. The molecule has 0 radical (unpaired) electrons. The van der Waals surface area contributed by atoms with Crippen LogP contribution in [0.3, 0.4) is 0 Å². The van der Waals surface area contributed by atoms with Crippen molar-refractivity contribution in [1.29, 1.82) is 0 Å². The van der Waals surface area contributed by atoms with Crippen LogP contribution in [0.4, 0.5) is 0 Å². The summed E-state index contributed by atoms with van der Waals surface area (Å²) < 4.78 is 9.56. The Bertz CT molecular complexity index is 1410. The smallest absolute Gasteiger partial charge is 0.242 e. The van der Waals surface area contributed by atoms with Crippen molar-refractivity contribution in [3.8, 4) is 22.5 Å². The highest BCUT2D eigenvalue weighted by Crippen LogP contribution is 2.37. The first-order valence-electron chi connectivity index (χ1n) is 11.8. The Kier molecular flexibility index (Phi) is 4.99. The minimum Gasteiger partial charge on any atom is -0.381 e. The first-order valence-corrected chi connectivity index (χ1v) is 11.8. The van der Waals surface area contributed by atoms with Crippen LogP contribution in [0.5, 0.6) is 0 Å². The summed E-state index contributed by atoms with van der Waals surface area (Å²) in [6.07, 6.45) is 5.83. The van der Waals surface area contributed by atoms with Gasteiger partial charge in [0.05, 0.1) is 29.3 Å². The van der Waals surface area contributed by atoms with Gasteiger partial charge in [0, 0.05) is 62.1 Å². The summed E-state index contributed by atoms with van der Waals surface area (Å²) in [5.41, 5.74) is 6.03. The lowest BCUT2D eigenvalue weighted by Gasteiger charge is -2.28. The number of ether oxygens (including phenoxy) is 1. The van der Waals surface area contributed by atoms with E-state index in [0.29, 0.717) is 19.0 Å². The molecule has 2 aliphatic heterocycles. The topological polar surface area (TPSA) is 78.1 Å². The van der Waals surface area contributed by atoms with Crippen LogP contribution in [0.1, 0.15) is 36.0 Å². The number of amides is 1. The fourth-order valence-corrected chi connectivity index (χ4v) is 5.27. The first-order chi connectivity index (χ1) is 16.5. The number of hydrogen-bond acceptors (Lipinski definition) is 5. The van der Waals surface area contributed by atoms with Gasteiger partial charge in [0.15, 0.2) is 0 Å². The normalized spacial score (nSPS) is 16.9. The SMILES string of the molecule is Cc1nn(C)cc1-c1cc2cccc(-c3nc(C4CCOCC4)n4c3CN(C)C(=O)C4)c2cn1. The van der Waals surface area contributed by atoms with E-state index in [9.17, 15) is 4.79 Å². The molecule has 2 aliphatic rings. The van der Waals surface area contributed by atoms with Crippen LogP contribution in [-0.4, -0.2) is 55.4 Å². The number of aromatic nitrogens is 5. The number of rotatable bonds is 3. The van der Waals surface area contributed by atoms with Gasteiger partial charge in [-0.3, -0.25) is 14.5 Å². The number of benzene rings is 1. The Hall–Kier alpha value is -3.52. The molecule has 0 atom stereocenters. The molecule has 5 heterocycles. The van der Waals surface area contributed by atoms with E-state index in [1.54, 1.807) is 4.90 Å². The molecule has 174 valence electrons. The van der Waals surface area contributed by atoms with Gasteiger partial charge in [-0.15, -0.1) is 0 Å². The van der Waals surface area contributed by atoms with E-state index >= 15 is 0 Å². The minimum atomic E-state index is 0.126. The molecule has 8 heteroatoms. The highest BCUT2D eigenvalue weighted by Gasteiger charge is 2.31. The van der Waals surface area contributed by atoms with E-state index in [1.165, 1.54) is 0 Å². The van der Waals surface area contributed by atoms with Crippen LogP contribution in [-0.2, 0) is 29.7 Å². The summed E-state index contributed by atoms with van der Waals surface area (Å²) in [6.45, 7) is 4.39. The van der Waals surface area contributed by atoms with Crippen molar-refractivity contribution in [3.63, 3.8) is 0 Å². The molecule has 34 heavy (non-hydrogen) atoms. The highest BCUT2D eigenvalue weighted by molar-refractivity contribution is 5.97. The number of pyridine rings is 1. The van der Waals surface area contributed by atoms with Crippen LogP contribution in [0.25, 0.3) is 33.3 Å². The lowest BCUT2D eigenvalue weighted by Crippen LogP contribution is -2.37. The molecule has 8 nitrogen and oxygen atoms in total. The number of carbonyl (C=O) groups is 1. The summed E-state index contributed by atoms with van der Waals surface area (Å²) in [5.74, 6) is 1.45. The van der Waals surface area contributed by atoms with E-state index in [2.05, 4.69) is 33.9 Å². The average Bonchev–Trinajstić information content (AvgIpc) is 3.38. The fraction of sp³-hybridized carbons (Fsp3) is 0.385. The fourth-order valence-electron chi connectivity index (χ4n) is 5.27. The molecule has 0 bridgehead atoms. The van der Waals surface area contributed by atoms with E-state index in [-0.39, 0.29) is 5.91 Å². The van der Waals surface area contributed by atoms with Gasteiger partial charge < -0.3 is 14.2 Å². The van der Waals surface area contributed by atoms with Crippen LogP contribution in [0.15, 0.2) is 36.7 Å². The molecule has 3 aromatic heterocycles. The second-order valence-corrected chi connectivity index (χ2v) is 9.39. The number of aryl methyl sites for hydroxylation is 2. The Balaban J connectivity index is 1.50. The summed E-state index contributed by atoms with van der Waals surface area (Å²) in [7, 11) is 3.79. The molecule has 4 aromatic rings. The Morgan fingerprint density at radius 1 is 1.09 bits per heavy atom. The zero-order valence-electron chi connectivity index (χ0n) is 19.8. The molecule has 0 spiro atoms. The molecule has 1 saturated heterocycles. The summed E-state index contributed by atoms with van der Waals surface area (Å²) in [4.78, 5) is 24.4. The van der Waals surface area contributed by atoms with Gasteiger partial charge in [0.25, 0.3) is 0 Å². The molecule has 6 rings (SSSR count). The summed E-state index contributed by atoms with van der Waals surface area (Å²) >= 11 is 0. The quantitative estimate of drug-likeness (QED) is 0.470. The molecule has 0 saturated carbocycles. The molecule has 1 aromatic carbocycles. The molecular weight excluding hydrogens is 428 g/mol. The second-order valence-electron chi connectivity index (χ2n) is 9.39. The maximum absolute atomic E-state index is 12.6. The van der Waals surface area contributed by atoms with Crippen molar-refractivity contribution in [1.82, 2.24) is 29.2 Å². The van der Waals surface area contributed by atoms with Crippen molar-refractivity contribution >= 4 is 16.7 Å². The monoisotopic (exact) mass is 456 g/mol. The molecular formula is C26H28N6O2. The first kappa shape index (κ1) is 21.0. The predicted octanol–water partition coefficient (Wildman–Crippen LogP) is 3.67. The van der Waals surface area contributed by atoms with Crippen molar-refractivity contribution in [2.75, 3.05) is 20.3 Å². The van der Waals surface area contributed by atoms with Gasteiger partial charge in [-0.25, -0.2) is 4.98 Å². The van der Waals surface area contributed by atoms with Crippen molar-refractivity contribution in [3.05, 3.63) is 53.9 Å². The van der Waals surface area contributed by atoms with Crippen LogP contribution in [0, 0.1) is 6.92 Å². The number of imidazole rings is 1. The number of fused-ring (bicyclic) bond motifs is 2. The molecule has 0 N–H and O–H groups in total. The molecule has 1 fully saturated rings. The average molecular weight is 457 g/mol. The van der Waals surface area contributed by atoms with E-state index in [4.69, 9.17) is 14.7 Å². The third-order valence-corrected chi connectivity index (χ3v) is 7.10. The van der Waals surface area contributed by atoms with Gasteiger partial charge >= 0.3 is 0 Å². The van der Waals surface area contributed by atoms with E-state index in [0.717, 1.165) is 76.6 Å². The molecule has 0 unspecified atom stereocenters. The minimum absolute atomic E-state index is 0.126. The standard InChI is InChI=1S/C26H28N6O2/c1-16-21(13-31(3)29-16)22-11-18-5-4-6-19(20(18)12-27-22)25-23-14-30(2)24(33)15-32(23)26(28-25)17-7-9-34-10-8-17/h4-6,11-13,17H,7-10,14-15H2,1-3H3. The third-order valence-electron chi connectivity index (χ3n) is 7.10. The maximum atomic E-state index is 12.6. The zero-order valence-corrected chi connectivity index (χ0v) is 19.8. The van der Waals surface area contributed by atoms with E-state index in [1.807, 2.05) is 38.1 Å². The van der Waals surface area contributed by atoms with Crippen molar-refractivity contribution < 1.29 is 9.53 Å². The second kappa shape index (κ2) is 8.06. The van der Waals surface area contributed by atoms with Gasteiger partial charge in [-0.2, -0.15) is 5.10 Å². The van der Waals surface area contributed by atoms with Gasteiger partial charge in [-0.1, -0.05) is 18.2 Å².